The molecule has 3 aliphatic rings. The van der Waals surface area contributed by atoms with Gasteiger partial charge in [-0.2, -0.15) is 0 Å². The molecule has 4 atom stereocenters. The van der Waals surface area contributed by atoms with E-state index in [1.807, 2.05) is 68.4 Å². The van der Waals surface area contributed by atoms with Crippen molar-refractivity contribution in [1.29, 1.82) is 0 Å². The predicted molar refractivity (Wildman–Crippen MR) is 125 cm³/mol. The largest absolute Gasteiger partial charge is 0.352 e. The number of fused-ring (bicyclic) bond motifs is 2. The maximum Gasteiger partial charge on any atom is 0.326 e. The molecule has 33 heavy (non-hydrogen) atoms. The topological polar surface area (TPSA) is 78.5 Å². The molecule has 2 N–H and O–H groups in total. The Bertz CT molecular complexity index is 1080. The van der Waals surface area contributed by atoms with Crippen LogP contribution in [0.4, 0.5) is 4.79 Å². The molecule has 3 unspecified atom stereocenters. The van der Waals surface area contributed by atoms with Gasteiger partial charge in [0.05, 0.1) is 0 Å². The standard InChI is InChI=1S/C27H31N3O3/c1-17(19-9-4-3-5-10-19)23(24(31)28-18(2)20-12-8-13-20)30-25(32)27(29-26(30)33)16-15-21-11-6-7-14-22(21)27/h3-7,9-11,14,17-18,20,23H,8,12-13,15-16H2,1-2H3,(H,28,31)(H,29,33)/t17?,18-,23?,27?/m0/s1. The smallest absolute Gasteiger partial charge is 0.326 e. The summed E-state index contributed by atoms with van der Waals surface area (Å²) < 4.78 is 0. The Labute approximate surface area is 194 Å². The number of urea groups is 1. The molecule has 0 aromatic heterocycles. The Morgan fingerprint density at radius 2 is 1.76 bits per heavy atom. The Balaban J connectivity index is 1.50. The quantitative estimate of drug-likeness (QED) is 0.663. The summed E-state index contributed by atoms with van der Waals surface area (Å²) in [5, 5.41) is 6.12. The second-order valence-electron chi connectivity index (χ2n) is 9.80. The summed E-state index contributed by atoms with van der Waals surface area (Å²) in [6.07, 6.45) is 4.62. The van der Waals surface area contributed by atoms with E-state index in [-0.39, 0.29) is 23.8 Å². The minimum atomic E-state index is -1.08. The van der Waals surface area contributed by atoms with Crippen molar-refractivity contribution in [3.05, 3.63) is 71.3 Å². The minimum Gasteiger partial charge on any atom is -0.352 e. The van der Waals surface area contributed by atoms with Gasteiger partial charge in [0.1, 0.15) is 11.6 Å². The third kappa shape index (κ3) is 3.52. The zero-order valence-electron chi connectivity index (χ0n) is 19.2. The van der Waals surface area contributed by atoms with Crippen molar-refractivity contribution < 1.29 is 14.4 Å². The van der Waals surface area contributed by atoms with Crippen LogP contribution in [0.3, 0.4) is 0 Å². The maximum atomic E-state index is 13.9. The number of nitrogens with one attached hydrogen (secondary N) is 2. The van der Waals surface area contributed by atoms with Gasteiger partial charge in [0.15, 0.2) is 0 Å². The van der Waals surface area contributed by atoms with Crippen molar-refractivity contribution in [3.63, 3.8) is 0 Å². The zero-order valence-corrected chi connectivity index (χ0v) is 19.2. The van der Waals surface area contributed by atoms with Crippen LogP contribution in [0.2, 0.25) is 0 Å². The van der Waals surface area contributed by atoms with Crippen LogP contribution in [0.5, 0.6) is 0 Å². The third-order valence-corrected chi connectivity index (χ3v) is 7.94. The molecule has 172 valence electrons. The Morgan fingerprint density at radius 1 is 1.06 bits per heavy atom. The molecule has 6 heteroatoms. The van der Waals surface area contributed by atoms with Crippen LogP contribution in [-0.2, 0) is 21.5 Å². The van der Waals surface area contributed by atoms with Crippen LogP contribution in [0.25, 0.3) is 0 Å². The highest BCUT2D eigenvalue weighted by molar-refractivity contribution is 6.11. The highest BCUT2D eigenvalue weighted by Gasteiger charge is 2.58. The SMILES string of the molecule is CC(c1ccccc1)C(C(=O)N[C@@H](C)C1CCC1)N1C(=O)NC2(CCc3ccccc32)C1=O. The van der Waals surface area contributed by atoms with Gasteiger partial charge in [0.2, 0.25) is 5.91 Å². The van der Waals surface area contributed by atoms with E-state index in [2.05, 4.69) is 10.6 Å². The summed E-state index contributed by atoms with van der Waals surface area (Å²) in [7, 11) is 0. The fraction of sp³-hybridized carbons (Fsp3) is 0.444. The second kappa shape index (κ2) is 8.32. The summed E-state index contributed by atoms with van der Waals surface area (Å²) in [5.74, 6) is -0.478. The van der Waals surface area contributed by atoms with Gasteiger partial charge < -0.3 is 10.6 Å². The number of nitrogens with zero attached hydrogens (tertiary/aromatic N) is 1. The van der Waals surface area contributed by atoms with Crippen LogP contribution < -0.4 is 10.6 Å². The monoisotopic (exact) mass is 445 g/mol. The summed E-state index contributed by atoms with van der Waals surface area (Å²) in [6, 6.07) is 16.0. The number of carbonyl (C=O) groups is 3. The first-order chi connectivity index (χ1) is 15.9. The first kappa shape index (κ1) is 21.7. The Hall–Kier alpha value is -3.15. The van der Waals surface area contributed by atoms with Crippen LogP contribution in [0.1, 0.15) is 62.1 Å². The molecule has 4 amide bonds. The van der Waals surface area contributed by atoms with Gasteiger partial charge in [-0.1, -0.05) is 67.9 Å². The summed E-state index contributed by atoms with van der Waals surface area (Å²) in [4.78, 5) is 42.1. The molecule has 1 heterocycles. The van der Waals surface area contributed by atoms with Crippen LogP contribution in [0, 0.1) is 5.92 Å². The van der Waals surface area contributed by atoms with Crippen molar-refractivity contribution in [2.75, 3.05) is 0 Å². The van der Waals surface area contributed by atoms with E-state index in [9.17, 15) is 14.4 Å². The van der Waals surface area contributed by atoms with Gasteiger partial charge in [0.25, 0.3) is 5.91 Å². The molecule has 1 aliphatic heterocycles. The molecule has 1 spiro atoms. The number of imide groups is 1. The summed E-state index contributed by atoms with van der Waals surface area (Å²) in [6.45, 7) is 3.94. The first-order valence-corrected chi connectivity index (χ1v) is 12.0. The van der Waals surface area contributed by atoms with Gasteiger partial charge in [-0.15, -0.1) is 0 Å². The van der Waals surface area contributed by atoms with Crippen molar-refractivity contribution in [3.8, 4) is 0 Å². The molecule has 2 aliphatic carbocycles. The normalized spacial score (nSPS) is 24.7. The van der Waals surface area contributed by atoms with E-state index in [0.717, 1.165) is 36.0 Å². The molecule has 2 fully saturated rings. The highest BCUT2D eigenvalue weighted by atomic mass is 16.2. The van der Waals surface area contributed by atoms with Gasteiger partial charge in [-0.3, -0.25) is 9.59 Å². The van der Waals surface area contributed by atoms with Crippen molar-refractivity contribution in [1.82, 2.24) is 15.5 Å². The summed E-state index contributed by atoms with van der Waals surface area (Å²) >= 11 is 0. The fourth-order valence-electron chi connectivity index (χ4n) is 5.68. The van der Waals surface area contributed by atoms with Gasteiger partial charge in [-0.25, -0.2) is 9.69 Å². The predicted octanol–water partition coefficient (Wildman–Crippen LogP) is 3.86. The van der Waals surface area contributed by atoms with E-state index in [1.54, 1.807) is 0 Å². The molecule has 0 bridgehead atoms. The lowest BCUT2D eigenvalue weighted by molar-refractivity contribution is -0.139. The average Bonchev–Trinajstić information content (AvgIpc) is 3.26. The van der Waals surface area contributed by atoms with E-state index >= 15 is 0 Å². The molecular weight excluding hydrogens is 414 g/mol. The van der Waals surface area contributed by atoms with E-state index < -0.39 is 17.6 Å². The number of amides is 4. The number of aryl methyl sites for hydroxylation is 1. The van der Waals surface area contributed by atoms with E-state index in [1.165, 1.54) is 11.3 Å². The first-order valence-electron chi connectivity index (χ1n) is 12.0. The van der Waals surface area contributed by atoms with Crippen LogP contribution in [0.15, 0.2) is 54.6 Å². The number of hydrogen-bond acceptors (Lipinski definition) is 3. The number of rotatable bonds is 6. The lowest BCUT2D eigenvalue weighted by Crippen LogP contribution is -2.55. The lowest BCUT2D eigenvalue weighted by Gasteiger charge is -2.35. The number of carbonyl (C=O) groups excluding carboxylic acids is 3. The van der Waals surface area contributed by atoms with Crippen molar-refractivity contribution in [2.45, 2.75) is 69.5 Å². The Morgan fingerprint density at radius 3 is 2.45 bits per heavy atom. The molecule has 6 nitrogen and oxygen atoms in total. The van der Waals surface area contributed by atoms with Gasteiger partial charge in [-0.05, 0) is 55.2 Å². The maximum absolute atomic E-state index is 13.9. The lowest BCUT2D eigenvalue weighted by atomic mass is 9.80. The zero-order chi connectivity index (χ0) is 23.2. The van der Waals surface area contributed by atoms with Gasteiger partial charge in [0, 0.05) is 12.0 Å². The van der Waals surface area contributed by atoms with E-state index in [0.29, 0.717) is 12.3 Å². The minimum absolute atomic E-state index is 0.0126. The van der Waals surface area contributed by atoms with E-state index in [4.69, 9.17) is 0 Å². The second-order valence-corrected chi connectivity index (χ2v) is 9.80. The van der Waals surface area contributed by atoms with Gasteiger partial charge >= 0.3 is 6.03 Å². The Kier molecular flexibility index (Phi) is 5.47. The van der Waals surface area contributed by atoms with Crippen LogP contribution in [-0.4, -0.2) is 34.8 Å². The average molecular weight is 446 g/mol. The van der Waals surface area contributed by atoms with Crippen molar-refractivity contribution in [2.24, 2.45) is 5.92 Å². The molecule has 5 rings (SSSR count). The molecular formula is C27H31N3O3. The summed E-state index contributed by atoms with van der Waals surface area (Å²) in [5.41, 5.74) is 1.76. The fourth-order valence-corrected chi connectivity index (χ4v) is 5.68. The molecule has 2 aromatic rings. The van der Waals surface area contributed by atoms with Crippen LogP contribution >= 0.6 is 0 Å². The molecule has 2 aromatic carbocycles. The molecule has 1 saturated carbocycles. The number of benzene rings is 2. The molecule has 1 saturated heterocycles. The van der Waals surface area contributed by atoms with Crippen molar-refractivity contribution >= 4 is 17.8 Å². The molecule has 0 radical (unpaired) electrons. The highest BCUT2D eigenvalue weighted by Crippen LogP contribution is 2.43. The number of hydrogen-bond donors (Lipinski definition) is 2. The third-order valence-electron chi connectivity index (χ3n) is 7.94.